The maximum atomic E-state index is 11.8. The Morgan fingerprint density at radius 1 is 0.868 bits per heavy atom. The predicted octanol–water partition coefficient (Wildman–Crippen LogP) is 3.98. The normalized spacial score (nSPS) is 15.3. The minimum absolute atomic E-state index is 0.169. The van der Waals surface area contributed by atoms with Crippen LogP contribution in [0.2, 0.25) is 0 Å². The number of nitrogens with one attached hydrogen (secondary N) is 1. The maximum Gasteiger partial charge on any atom is 0.472 e. The molecule has 3 unspecified atom stereocenters. The number of aliphatic carboxylic acids is 1. The van der Waals surface area contributed by atoms with E-state index < -0.39 is 57.6 Å². The van der Waals surface area contributed by atoms with Gasteiger partial charge in [0.2, 0.25) is 5.91 Å². The fourth-order valence-corrected chi connectivity index (χ4v) is 3.52. The number of hydrogen-bond donors (Lipinski definition) is 4. The molecule has 11 nitrogen and oxygen atoms in total. The monoisotopic (exact) mass is 559 g/mol. The van der Waals surface area contributed by atoms with E-state index in [9.17, 15) is 28.9 Å². The minimum Gasteiger partial charge on any atom is -0.480 e. The average Bonchev–Trinajstić information content (AvgIpc) is 2.86. The molecule has 3 atom stereocenters. The first-order chi connectivity index (χ1) is 18.1. The van der Waals surface area contributed by atoms with Crippen molar-refractivity contribution in [3.63, 3.8) is 0 Å². The lowest BCUT2D eigenvalue weighted by Gasteiger charge is -2.18. The first-order valence-corrected chi connectivity index (χ1v) is 14.1. The van der Waals surface area contributed by atoms with E-state index in [1.54, 1.807) is 0 Å². The average molecular weight is 560 g/mol. The summed E-state index contributed by atoms with van der Waals surface area (Å²) < 4.78 is 25.8. The summed E-state index contributed by atoms with van der Waals surface area (Å²) in [6.07, 6.45) is 21.8. The van der Waals surface area contributed by atoms with Gasteiger partial charge in [-0.3, -0.25) is 18.6 Å². The zero-order valence-corrected chi connectivity index (χ0v) is 23.1. The molecule has 0 radical (unpaired) electrons. The smallest absolute Gasteiger partial charge is 0.472 e. The van der Waals surface area contributed by atoms with Crippen LogP contribution >= 0.6 is 7.82 Å². The molecule has 0 aromatic carbocycles. The standard InChI is InChI=1S/C26H42NO10P/c1-3-4-5-6-7-8-9-10-11-12-13-14-15-16-17-18-25(30)35-19-23(29)20-36-38(33,34)37-21-24(26(31)32)27-22(2)28/h4-5,7-8,10-11,13-14,23-24,29H,3,6,9,12,15-21H2,1-2H3,(H,27,28)(H,31,32)(H,33,34)/b5-4-,8-7-,11-10-,14-13-. The molecular formula is C26H42NO10P. The largest absolute Gasteiger partial charge is 0.480 e. The van der Waals surface area contributed by atoms with Gasteiger partial charge in [-0.2, -0.15) is 0 Å². The molecule has 0 aromatic rings. The van der Waals surface area contributed by atoms with Crippen LogP contribution in [0.1, 0.15) is 65.2 Å². The lowest BCUT2D eigenvalue weighted by Crippen LogP contribution is -2.42. The van der Waals surface area contributed by atoms with Crippen LogP contribution in [-0.4, -0.2) is 64.9 Å². The number of rotatable bonds is 22. The molecule has 0 heterocycles. The summed E-state index contributed by atoms with van der Waals surface area (Å²) in [7, 11) is -4.71. The van der Waals surface area contributed by atoms with Gasteiger partial charge in [0.25, 0.3) is 0 Å². The number of carboxylic acid groups (broad SMARTS) is 1. The highest BCUT2D eigenvalue weighted by Crippen LogP contribution is 2.43. The third kappa shape index (κ3) is 22.6. The van der Waals surface area contributed by atoms with E-state index in [0.717, 1.165) is 45.4 Å². The summed E-state index contributed by atoms with van der Waals surface area (Å²) >= 11 is 0. The molecular weight excluding hydrogens is 517 g/mol. The van der Waals surface area contributed by atoms with E-state index in [-0.39, 0.29) is 6.42 Å². The van der Waals surface area contributed by atoms with Crippen molar-refractivity contribution in [1.82, 2.24) is 5.32 Å². The van der Waals surface area contributed by atoms with Crippen LogP contribution in [-0.2, 0) is 32.7 Å². The molecule has 0 saturated carbocycles. The summed E-state index contributed by atoms with van der Waals surface area (Å²) in [6, 6.07) is -1.55. The Hall–Kier alpha value is -2.56. The van der Waals surface area contributed by atoms with Gasteiger partial charge >= 0.3 is 19.8 Å². The molecule has 0 rings (SSSR count). The van der Waals surface area contributed by atoms with Crippen LogP contribution < -0.4 is 5.32 Å². The first kappa shape index (κ1) is 35.4. The van der Waals surface area contributed by atoms with Crippen molar-refractivity contribution in [2.75, 3.05) is 19.8 Å². The van der Waals surface area contributed by atoms with Gasteiger partial charge < -0.3 is 25.2 Å². The molecule has 1 amide bonds. The van der Waals surface area contributed by atoms with Gasteiger partial charge in [0.05, 0.1) is 13.2 Å². The van der Waals surface area contributed by atoms with E-state index in [2.05, 4.69) is 64.6 Å². The highest BCUT2D eigenvalue weighted by Gasteiger charge is 2.28. The Morgan fingerprint density at radius 2 is 1.42 bits per heavy atom. The zero-order valence-electron chi connectivity index (χ0n) is 22.2. The van der Waals surface area contributed by atoms with Gasteiger partial charge in [0.15, 0.2) is 6.04 Å². The number of ether oxygens (including phenoxy) is 1. The van der Waals surface area contributed by atoms with Gasteiger partial charge in [0.1, 0.15) is 12.7 Å². The highest BCUT2D eigenvalue weighted by atomic mass is 31.2. The summed E-state index contributed by atoms with van der Waals surface area (Å²) in [5, 5.41) is 20.8. The maximum absolute atomic E-state index is 11.8. The summed E-state index contributed by atoms with van der Waals surface area (Å²) in [5.74, 6) is -2.65. The number of carboxylic acids is 1. The van der Waals surface area contributed by atoms with Gasteiger partial charge in [0, 0.05) is 13.3 Å². The van der Waals surface area contributed by atoms with E-state index >= 15 is 0 Å². The van der Waals surface area contributed by atoms with E-state index in [1.165, 1.54) is 0 Å². The fourth-order valence-electron chi connectivity index (χ4n) is 2.74. The highest BCUT2D eigenvalue weighted by molar-refractivity contribution is 7.47. The number of unbranched alkanes of at least 4 members (excludes halogenated alkanes) is 2. The molecule has 0 spiro atoms. The lowest BCUT2D eigenvalue weighted by atomic mass is 10.2. The topological polar surface area (TPSA) is 169 Å². The van der Waals surface area contributed by atoms with Crippen LogP contribution in [0.5, 0.6) is 0 Å². The second-order valence-electron chi connectivity index (χ2n) is 8.24. The number of aliphatic hydroxyl groups is 1. The lowest BCUT2D eigenvalue weighted by molar-refractivity contribution is -0.147. The van der Waals surface area contributed by atoms with E-state index in [1.807, 2.05) is 5.32 Å². The third-order valence-corrected chi connectivity index (χ3v) is 5.62. The minimum atomic E-state index is -4.71. The van der Waals surface area contributed by atoms with Crippen molar-refractivity contribution in [3.8, 4) is 0 Å². The number of esters is 1. The predicted molar refractivity (Wildman–Crippen MR) is 143 cm³/mol. The Morgan fingerprint density at radius 3 is 1.97 bits per heavy atom. The molecule has 0 aromatic heterocycles. The molecule has 216 valence electrons. The second kappa shape index (κ2) is 22.4. The molecule has 38 heavy (non-hydrogen) atoms. The van der Waals surface area contributed by atoms with Crippen molar-refractivity contribution in [3.05, 3.63) is 48.6 Å². The number of aliphatic hydroxyl groups excluding tert-OH is 1. The van der Waals surface area contributed by atoms with Gasteiger partial charge in [-0.25, -0.2) is 9.36 Å². The van der Waals surface area contributed by atoms with Crippen LogP contribution in [0.15, 0.2) is 48.6 Å². The van der Waals surface area contributed by atoms with E-state index in [0.29, 0.717) is 6.42 Å². The second-order valence-corrected chi connectivity index (χ2v) is 9.69. The number of amides is 1. The molecule has 0 saturated heterocycles. The van der Waals surface area contributed by atoms with Crippen molar-refractivity contribution in [2.45, 2.75) is 77.4 Å². The Balaban J connectivity index is 3.92. The molecule has 0 aliphatic rings. The van der Waals surface area contributed by atoms with Crippen molar-refractivity contribution >= 4 is 25.7 Å². The number of carbonyl (C=O) groups is 3. The van der Waals surface area contributed by atoms with Gasteiger partial charge in [-0.15, -0.1) is 0 Å². The summed E-state index contributed by atoms with van der Waals surface area (Å²) in [5.41, 5.74) is 0. The summed E-state index contributed by atoms with van der Waals surface area (Å²) in [6.45, 7) is 1.23. The molecule has 0 fully saturated rings. The van der Waals surface area contributed by atoms with Gasteiger partial charge in [-0.1, -0.05) is 55.5 Å². The number of phosphoric acid groups is 1. The fraction of sp³-hybridized carbons (Fsp3) is 0.577. The molecule has 0 bridgehead atoms. The zero-order chi connectivity index (χ0) is 28.7. The Labute approximate surface area is 224 Å². The molecule has 4 N–H and O–H groups in total. The SMILES string of the molecule is CC/C=C\C/C=C\C/C=C\C/C=C\CCCCC(=O)OCC(O)COP(=O)(O)OCC(NC(C)=O)C(=O)O. The van der Waals surface area contributed by atoms with Gasteiger partial charge in [-0.05, 0) is 44.9 Å². The quantitative estimate of drug-likeness (QED) is 0.0659. The summed E-state index contributed by atoms with van der Waals surface area (Å²) in [4.78, 5) is 43.3. The van der Waals surface area contributed by atoms with Crippen molar-refractivity contribution in [2.24, 2.45) is 0 Å². The molecule has 0 aliphatic carbocycles. The number of allylic oxidation sites excluding steroid dienone is 8. The van der Waals surface area contributed by atoms with Crippen molar-refractivity contribution < 1.29 is 47.8 Å². The number of hydrogen-bond acceptors (Lipinski definition) is 8. The number of carbonyl (C=O) groups excluding carboxylic acids is 2. The van der Waals surface area contributed by atoms with Crippen LogP contribution in [0.4, 0.5) is 0 Å². The van der Waals surface area contributed by atoms with Crippen molar-refractivity contribution in [1.29, 1.82) is 0 Å². The number of phosphoric ester groups is 1. The third-order valence-electron chi connectivity index (χ3n) is 4.67. The molecule has 12 heteroatoms. The van der Waals surface area contributed by atoms with Crippen LogP contribution in [0.3, 0.4) is 0 Å². The Kier molecular flexibility index (Phi) is 20.9. The first-order valence-electron chi connectivity index (χ1n) is 12.6. The van der Waals surface area contributed by atoms with Crippen LogP contribution in [0.25, 0.3) is 0 Å². The van der Waals surface area contributed by atoms with E-state index in [4.69, 9.17) is 9.84 Å². The van der Waals surface area contributed by atoms with Crippen LogP contribution in [0, 0.1) is 0 Å². The molecule has 0 aliphatic heterocycles. The Bertz CT molecular complexity index is 853.